The van der Waals surface area contributed by atoms with Crippen molar-refractivity contribution in [3.05, 3.63) is 0 Å². The molecule has 1 fully saturated rings. The van der Waals surface area contributed by atoms with Gasteiger partial charge >= 0.3 is 12.0 Å². The Morgan fingerprint density at radius 2 is 1.94 bits per heavy atom. The van der Waals surface area contributed by atoms with Gasteiger partial charge in [0.2, 0.25) is 0 Å². The Balaban J connectivity index is 2.34. The third-order valence-corrected chi connectivity index (χ3v) is 3.32. The van der Waals surface area contributed by atoms with E-state index in [1.807, 2.05) is 13.8 Å². The molecule has 5 nitrogen and oxygen atoms in total. The minimum Gasteiger partial charge on any atom is -0.480 e. The molecule has 0 radical (unpaired) electrons. The number of carboxylic acids is 1. The number of carbonyl (C=O) groups excluding carboxylic acids is 1. The summed E-state index contributed by atoms with van der Waals surface area (Å²) in [7, 11) is 0. The second-order valence-corrected chi connectivity index (χ2v) is 5.08. The average Bonchev–Trinajstić information content (AvgIpc) is 3.11. The molecule has 0 aromatic carbocycles. The number of carbonyl (C=O) groups is 2. The number of carboxylic acid groups (broad SMARTS) is 1. The molecule has 104 valence electrons. The maximum atomic E-state index is 11.7. The van der Waals surface area contributed by atoms with Gasteiger partial charge in [-0.3, -0.25) is 0 Å². The first-order valence-electron chi connectivity index (χ1n) is 6.86. The number of hydrogen-bond acceptors (Lipinski definition) is 2. The Labute approximate surface area is 108 Å². The molecule has 1 rings (SSSR count). The first-order chi connectivity index (χ1) is 8.56. The van der Waals surface area contributed by atoms with Gasteiger partial charge in [0.15, 0.2) is 0 Å². The van der Waals surface area contributed by atoms with Crippen molar-refractivity contribution in [2.75, 3.05) is 0 Å². The van der Waals surface area contributed by atoms with Gasteiger partial charge < -0.3 is 15.7 Å². The van der Waals surface area contributed by atoms with E-state index in [2.05, 4.69) is 10.6 Å². The highest BCUT2D eigenvalue weighted by Gasteiger charge is 2.26. The fraction of sp³-hybridized carbons (Fsp3) is 0.846. The van der Waals surface area contributed by atoms with Crippen molar-refractivity contribution in [2.24, 2.45) is 5.92 Å². The average molecular weight is 256 g/mol. The topological polar surface area (TPSA) is 78.4 Å². The molecule has 2 amide bonds. The van der Waals surface area contributed by atoms with Crippen LogP contribution in [0.5, 0.6) is 0 Å². The van der Waals surface area contributed by atoms with Crippen LogP contribution < -0.4 is 10.6 Å². The summed E-state index contributed by atoms with van der Waals surface area (Å²) in [5.74, 6) is -0.219. The maximum Gasteiger partial charge on any atom is 0.326 e. The molecule has 1 unspecified atom stereocenters. The maximum absolute atomic E-state index is 11.7. The number of urea groups is 1. The second-order valence-electron chi connectivity index (χ2n) is 5.08. The number of aliphatic carboxylic acids is 1. The lowest BCUT2D eigenvalue weighted by atomic mass is 10.1. The zero-order chi connectivity index (χ0) is 13.5. The highest BCUT2D eigenvalue weighted by Crippen LogP contribution is 2.33. The van der Waals surface area contributed by atoms with Crippen molar-refractivity contribution in [3.63, 3.8) is 0 Å². The molecule has 0 aromatic heterocycles. The van der Waals surface area contributed by atoms with Crippen LogP contribution in [0.15, 0.2) is 0 Å². The van der Waals surface area contributed by atoms with E-state index in [1.54, 1.807) is 0 Å². The van der Waals surface area contributed by atoms with Gasteiger partial charge in [0, 0.05) is 6.04 Å². The molecule has 2 atom stereocenters. The third-order valence-electron chi connectivity index (χ3n) is 3.32. The van der Waals surface area contributed by atoms with E-state index in [1.165, 1.54) is 12.8 Å². The smallest absolute Gasteiger partial charge is 0.326 e. The van der Waals surface area contributed by atoms with Crippen LogP contribution in [-0.2, 0) is 4.79 Å². The quantitative estimate of drug-likeness (QED) is 0.622. The van der Waals surface area contributed by atoms with Gasteiger partial charge in [-0.2, -0.15) is 0 Å². The van der Waals surface area contributed by atoms with Gasteiger partial charge in [0.05, 0.1) is 0 Å². The summed E-state index contributed by atoms with van der Waals surface area (Å²) in [6.07, 6.45) is 5.60. The number of amides is 2. The minimum atomic E-state index is -0.970. The van der Waals surface area contributed by atoms with Gasteiger partial charge in [-0.25, -0.2) is 9.59 Å². The molecule has 18 heavy (non-hydrogen) atoms. The van der Waals surface area contributed by atoms with Crippen LogP contribution in [0, 0.1) is 5.92 Å². The Morgan fingerprint density at radius 3 is 2.39 bits per heavy atom. The van der Waals surface area contributed by atoms with Crippen molar-refractivity contribution >= 4 is 12.0 Å². The number of nitrogens with one attached hydrogen (secondary N) is 2. The van der Waals surface area contributed by atoms with E-state index >= 15 is 0 Å². The number of hydrogen-bond donors (Lipinski definition) is 3. The van der Waals surface area contributed by atoms with Crippen molar-refractivity contribution in [2.45, 2.75) is 64.5 Å². The summed E-state index contributed by atoms with van der Waals surface area (Å²) in [5.41, 5.74) is 0. The zero-order valence-corrected chi connectivity index (χ0v) is 11.2. The highest BCUT2D eigenvalue weighted by molar-refractivity contribution is 5.82. The lowest BCUT2D eigenvalue weighted by Crippen LogP contribution is -2.49. The molecule has 0 heterocycles. The fourth-order valence-corrected chi connectivity index (χ4v) is 2.01. The first-order valence-corrected chi connectivity index (χ1v) is 6.86. The van der Waals surface area contributed by atoms with Crippen LogP contribution in [0.3, 0.4) is 0 Å². The summed E-state index contributed by atoms with van der Waals surface area (Å²) >= 11 is 0. The monoisotopic (exact) mass is 256 g/mol. The van der Waals surface area contributed by atoms with Crippen LogP contribution in [0.4, 0.5) is 4.79 Å². The molecular formula is C13H24N2O3. The molecular weight excluding hydrogens is 232 g/mol. The van der Waals surface area contributed by atoms with Crippen LogP contribution in [0.25, 0.3) is 0 Å². The van der Waals surface area contributed by atoms with Crippen LogP contribution in [0.2, 0.25) is 0 Å². The fourth-order valence-electron chi connectivity index (χ4n) is 2.01. The molecule has 0 spiro atoms. The van der Waals surface area contributed by atoms with Gasteiger partial charge in [0.1, 0.15) is 6.04 Å². The zero-order valence-electron chi connectivity index (χ0n) is 11.2. The summed E-state index contributed by atoms with van der Waals surface area (Å²) in [6, 6.07) is -0.981. The van der Waals surface area contributed by atoms with Crippen molar-refractivity contribution < 1.29 is 14.7 Å². The predicted octanol–water partition coefficient (Wildman–Crippen LogP) is 2.12. The van der Waals surface area contributed by atoms with Gasteiger partial charge in [0.25, 0.3) is 0 Å². The van der Waals surface area contributed by atoms with E-state index in [-0.39, 0.29) is 12.1 Å². The molecule has 0 aromatic rings. The van der Waals surface area contributed by atoms with Crippen LogP contribution in [-0.4, -0.2) is 29.2 Å². The standard InChI is InChI=1S/C13H24N2O3/c1-3-5-11(12(16)17)15-13(18)14-10(4-2)8-9-6-7-9/h9-11H,3-8H2,1-2H3,(H,16,17)(H2,14,15,18)/t10?,11-/m1/s1. The van der Waals surface area contributed by atoms with E-state index in [0.29, 0.717) is 6.42 Å². The Hall–Kier alpha value is -1.26. The molecule has 1 aliphatic carbocycles. The number of rotatable bonds is 8. The summed E-state index contributed by atoms with van der Waals surface area (Å²) < 4.78 is 0. The third kappa shape index (κ3) is 5.38. The molecule has 0 saturated heterocycles. The Bertz CT molecular complexity index is 290. The van der Waals surface area contributed by atoms with Gasteiger partial charge in [-0.1, -0.05) is 33.1 Å². The van der Waals surface area contributed by atoms with E-state index < -0.39 is 12.0 Å². The van der Waals surface area contributed by atoms with E-state index in [4.69, 9.17) is 5.11 Å². The lowest BCUT2D eigenvalue weighted by Gasteiger charge is -2.19. The first kappa shape index (κ1) is 14.8. The largest absolute Gasteiger partial charge is 0.480 e. The van der Waals surface area contributed by atoms with Crippen molar-refractivity contribution in [3.8, 4) is 0 Å². The predicted molar refractivity (Wildman–Crippen MR) is 69.4 cm³/mol. The minimum absolute atomic E-state index is 0.161. The molecule has 3 N–H and O–H groups in total. The summed E-state index contributed by atoms with van der Waals surface area (Å²) in [5, 5.41) is 14.4. The summed E-state index contributed by atoms with van der Waals surface area (Å²) in [6.45, 7) is 3.94. The summed E-state index contributed by atoms with van der Waals surface area (Å²) in [4.78, 5) is 22.6. The highest BCUT2D eigenvalue weighted by atomic mass is 16.4. The van der Waals surface area contributed by atoms with Crippen molar-refractivity contribution in [1.82, 2.24) is 10.6 Å². The Kier molecular flexibility index (Phi) is 5.95. The van der Waals surface area contributed by atoms with Crippen LogP contribution >= 0.6 is 0 Å². The van der Waals surface area contributed by atoms with E-state index in [9.17, 15) is 9.59 Å². The molecule has 0 bridgehead atoms. The van der Waals surface area contributed by atoms with Crippen LogP contribution in [0.1, 0.15) is 52.4 Å². The van der Waals surface area contributed by atoms with E-state index in [0.717, 1.165) is 25.2 Å². The second kappa shape index (κ2) is 7.24. The van der Waals surface area contributed by atoms with Gasteiger partial charge in [-0.05, 0) is 25.2 Å². The normalized spacial score (nSPS) is 17.9. The molecule has 5 heteroatoms. The SMILES string of the molecule is CCC[C@@H](NC(=O)NC(CC)CC1CC1)C(=O)O. The molecule has 1 saturated carbocycles. The molecule has 1 aliphatic rings. The lowest BCUT2D eigenvalue weighted by molar-refractivity contribution is -0.139. The van der Waals surface area contributed by atoms with Crippen molar-refractivity contribution in [1.29, 1.82) is 0 Å². The van der Waals surface area contributed by atoms with Gasteiger partial charge in [-0.15, -0.1) is 0 Å². The Morgan fingerprint density at radius 1 is 1.28 bits per heavy atom. The molecule has 0 aliphatic heterocycles.